The van der Waals surface area contributed by atoms with E-state index < -0.39 is 0 Å². The highest BCUT2D eigenvalue weighted by molar-refractivity contribution is 6.35. The first kappa shape index (κ1) is 18.7. The molecule has 0 aliphatic rings. The molecule has 0 unspecified atom stereocenters. The Hall–Kier alpha value is -2.67. The van der Waals surface area contributed by atoms with Gasteiger partial charge in [-0.05, 0) is 42.8 Å². The minimum atomic E-state index is -0.197. The fourth-order valence-electron chi connectivity index (χ4n) is 3.13. The third kappa shape index (κ3) is 3.42. The number of rotatable bonds is 5. The van der Waals surface area contributed by atoms with Crippen LogP contribution in [-0.4, -0.2) is 33.1 Å². The van der Waals surface area contributed by atoms with Gasteiger partial charge in [-0.2, -0.15) is 0 Å². The molecule has 1 aromatic carbocycles. The number of benzene rings is 1. The van der Waals surface area contributed by atoms with Crippen LogP contribution in [0, 0.1) is 0 Å². The van der Waals surface area contributed by atoms with E-state index in [1.165, 1.54) is 10.3 Å². The fraction of sp³-hybridized carbons (Fsp3) is 0.150. The molecule has 0 radical (unpaired) electrons. The largest absolute Gasteiger partial charge is 0.352 e. The SMILES string of the molecule is NCCCNC(=O)c1cnc2c(c1)c(-c1cc(Cl)c3ncccc3c1)cn2Cl. The molecule has 0 aliphatic carbocycles. The van der Waals surface area contributed by atoms with Gasteiger partial charge in [-0.3, -0.25) is 9.78 Å². The van der Waals surface area contributed by atoms with Crippen molar-refractivity contribution in [1.82, 2.24) is 19.4 Å². The molecule has 0 fully saturated rings. The highest BCUT2D eigenvalue weighted by Crippen LogP contribution is 2.35. The van der Waals surface area contributed by atoms with Gasteiger partial charge in [0.15, 0.2) is 5.65 Å². The molecule has 0 spiro atoms. The molecule has 0 aliphatic heterocycles. The zero-order valence-electron chi connectivity index (χ0n) is 14.8. The highest BCUT2D eigenvalue weighted by Gasteiger charge is 2.16. The van der Waals surface area contributed by atoms with E-state index in [-0.39, 0.29) is 5.91 Å². The summed E-state index contributed by atoms with van der Waals surface area (Å²) in [7, 11) is 0. The molecule has 1 amide bonds. The molecule has 3 aromatic heterocycles. The van der Waals surface area contributed by atoms with E-state index in [4.69, 9.17) is 29.1 Å². The number of carbonyl (C=O) groups is 1. The second kappa shape index (κ2) is 7.75. The van der Waals surface area contributed by atoms with Gasteiger partial charge in [-0.1, -0.05) is 17.7 Å². The Labute approximate surface area is 171 Å². The lowest BCUT2D eigenvalue weighted by molar-refractivity contribution is 0.0953. The first-order valence-electron chi connectivity index (χ1n) is 8.78. The van der Waals surface area contributed by atoms with Crippen LogP contribution in [0.15, 0.2) is 48.9 Å². The number of nitrogens with one attached hydrogen (secondary N) is 1. The maximum Gasteiger partial charge on any atom is 0.252 e. The van der Waals surface area contributed by atoms with Crippen LogP contribution in [0.4, 0.5) is 0 Å². The van der Waals surface area contributed by atoms with Crippen molar-refractivity contribution >= 4 is 51.2 Å². The summed E-state index contributed by atoms with van der Waals surface area (Å²) in [6.45, 7) is 1.04. The second-order valence-electron chi connectivity index (χ2n) is 6.38. The van der Waals surface area contributed by atoms with Gasteiger partial charge in [0.1, 0.15) is 0 Å². The summed E-state index contributed by atoms with van der Waals surface area (Å²) in [4.78, 5) is 21.1. The van der Waals surface area contributed by atoms with Crippen LogP contribution < -0.4 is 11.1 Å². The van der Waals surface area contributed by atoms with E-state index in [2.05, 4.69) is 15.3 Å². The number of carbonyl (C=O) groups excluding carboxylic acids is 1. The number of nitrogens with zero attached hydrogens (tertiary/aromatic N) is 3. The number of hydrogen-bond donors (Lipinski definition) is 2. The minimum Gasteiger partial charge on any atom is -0.352 e. The molecule has 3 N–H and O–H groups in total. The number of nitrogens with two attached hydrogens (primary N) is 1. The van der Waals surface area contributed by atoms with Crippen LogP contribution in [0.25, 0.3) is 33.1 Å². The van der Waals surface area contributed by atoms with E-state index >= 15 is 0 Å². The molecular weight excluding hydrogens is 397 g/mol. The number of halogens is 2. The quantitative estimate of drug-likeness (QED) is 0.484. The molecule has 142 valence electrons. The average molecular weight is 414 g/mol. The van der Waals surface area contributed by atoms with Gasteiger partial charge >= 0.3 is 0 Å². The van der Waals surface area contributed by atoms with E-state index in [9.17, 15) is 4.79 Å². The van der Waals surface area contributed by atoms with Crippen molar-refractivity contribution in [3.05, 3.63) is 59.5 Å². The Bertz CT molecular complexity index is 1190. The second-order valence-corrected chi connectivity index (χ2v) is 7.15. The Morgan fingerprint density at radius 3 is 2.93 bits per heavy atom. The van der Waals surface area contributed by atoms with Gasteiger partial charge in [0.25, 0.3) is 5.91 Å². The van der Waals surface area contributed by atoms with E-state index in [1.54, 1.807) is 18.5 Å². The lowest BCUT2D eigenvalue weighted by Gasteiger charge is -2.06. The Kier molecular flexibility index (Phi) is 5.17. The Balaban J connectivity index is 1.81. The summed E-state index contributed by atoms with van der Waals surface area (Å²) in [5, 5.41) is 5.07. The number of fused-ring (bicyclic) bond motifs is 2. The first-order chi connectivity index (χ1) is 13.6. The van der Waals surface area contributed by atoms with Crippen molar-refractivity contribution in [3.63, 3.8) is 0 Å². The summed E-state index contributed by atoms with van der Waals surface area (Å²) in [5.41, 5.74) is 8.94. The predicted octanol–water partition coefficient (Wildman–Crippen LogP) is 3.99. The van der Waals surface area contributed by atoms with Gasteiger partial charge in [-0.15, -0.1) is 0 Å². The monoisotopic (exact) mass is 413 g/mol. The van der Waals surface area contributed by atoms with Crippen LogP contribution >= 0.6 is 23.4 Å². The molecule has 0 saturated carbocycles. The lowest BCUT2D eigenvalue weighted by Crippen LogP contribution is -2.26. The van der Waals surface area contributed by atoms with Gasteiger partial charge in [0, 0.05) is 53.2 Å². The Morgan fingerprint density at radius 2 is 2.11 bits per heavy atom. The number of pyridine rings is 2. The maximum absolute atomic E-state index is 12.4. The van der Waals surface area contributed by atoms with Crippen LogP contribution in [0.1, 0.15) is 16.8 Å². The maximum atomic E-state index is 12.4. The normalized spacial score (nSPS) is 11.2. The molecular formula is C20H17Cl2N5O. The van der Waals surface area contributed by atoms with Gasteiger partial charge in [0.05, 0.1) is 16.1 Å². The van der Waals surface area contributed by atoms with Crippen LogP contribution in [0.5, 0.6) is 0 Å². The molecule has 0 atom stereocenters. The number of hydrogen-bond acceptors (Lipinski definition) is 4. The molecule has 4 rings (SSSR count). The molecule has 0 saturated heterocycles. The topological polar surface area (TPSA) is 85.8 Å². The van der Waals surface area contributed by atoms with Crippen molar-refractivity contribution < 1.29 is 4.79 Å². The molecule has 0 bridgehead atoms. The Morgan fingerprint density at radius 1 is 1.25 bits per heavy atom. The first-order valence-corrected chi connectivity index (χ1v) is 9.50. The summed E-state index contributed by atoms with van der Waals surface area (Å²) in [5.74, 6) is -0.197. The van der Waals surface area contributed by atoms with Crippen LogP contribution in [0.3, 0.4) is 0 Å². The zero-order chi connectivity index (χ0) is 19.7. The van der Waals surface area contributed by atoms with Gasteiger partial charge < -0.3 is 11.1 Å². The zero-order valence-corrected chi connectivity index (χ0v) is 16.3. The van der Waals surface area contributed by atoms with E-state index in [0.717, 1.165) is 27.4 Å². The molecule has 6 nitrogen and oxygen atoms in total. The van der Waals surface area contributed by atoms with Crippen molar-refractivity contribution in [2.24, 2.45) is 5.73 Å². The van der Waals surface area contributed by atoms with Crippen molar-refractivity contribution in [3.8, 4) is 11.1 Å². The van der Waals surface area contributed by atoms with Crippen LogP contribution in [0.2, 0.25) is 5.02 Å². The third-order valence-electron chi connectivity index (χ3n) is 4.50. The van der Waals surface area contributed by atoms with Crippen molar-refractivity contribution in [2.45, 2.75) is 6.42 Å². The number of amides is 1. The molecule has 3 heterocycles. The van der Waals surface area contributed by atoms with Gasteiger partial charge in [-0.25, -0.2) is 9.07 Å². The average Bonchev–Trinajstić information content (AvgIpc) is 3.04. The fourth-order valence-corrected chi connectivity index (χ4v) is 3.64. The molecule has 4 aromatic rings. The van der Waals surface area contributed by atoms with Gasteiger partial charge in [0.2, 0.25) is 0 Å². The summed E-state index contributed by atoms with van der Waals surface area (Å²) in [6, 6.07) is 9.44. The number of aromatic nitrogens is 3. The van der Waals surface area contributed by atoms with Crippen molar-refractivity contribution in [1.29, 1.82) is 0 Å². The summed E-state index contributed by atoms with van der Waals surface area (Å²) < 4.78 is 1.42. The molecule has 28 heavy (non-hydrogen) atoms. The van der Waals surface area contributed by atoms with E-state index in [0.29, 0.717) is 35.7 Å². The van der Waals surface area contributed by atoms with Crippen molar-refractivity contribution in [2.75, 3.05) is 13.1 Å². The minimum absolute atomic E-state index is 0.197. The lowest BCUT2D eigenvalue weighted by atomic mass is 10.0. The van der Waals surface area contributed by atoms with E-state index in [1.807, 2.05) is 24.3 Å². The summed E-state index contributed by atoms with van der Waals surface area (Å²) in [6.07, 6.45) is 5.70. The predicted molar refractivity (Wildman–Crippen MR) is 113 cm³/mol. The highest BCUT2D eigenvalue weighted by atomic mass is 35.5. The third-order valence-corrected chi connectivity index (χ3v) is 5.05. The smallest absolute Gasteiger partial charge is 0.252 e. The summed E-state index contributed by atoms with van der Waals surface area (Å²) >= 11 is 12.7. The standard InChI is InChI=1S/C20H17Cl2N5O/c21-17-9-13(7-12-3-1-5-24-18(12)17)16-11-27(22)19-15(16)8-14(10-26-19)20(28)25-6-2-4-23/h1,3,5,7-11H,2,4,6,23H2,(H,25,28). The molecule has 8 heteroatoms. The van der Waals surface area contributed by atoms with Crippen LogP contribution in [-0.2, 0) is 0 Å².